The minimum Gasteiger partial charge on any atom is -0.324 e. The third-order valence-electron chi connectivity index (χ3n) is 3.45. The van der Waals surface area contributed by atoms with E-state index in [0.29, 0.717) is 21.4 Å². The highest BCUT2D eigenvalue weighted by Crippen LogP contribution is 2.26. The number of carbonyl (C=O) groups excluding carboxylic acids is 1. The monoisotopic (exact) mass is 487 g/mol. The first kappa shape index (κ1) is 22.0. The lowest BCUT2D eigenvalue weighted by molar-refractivity contribution is 0.262. The molecule has 0 spiro atoms. The predicted molar refractivity (Wildman–Crippen MR) is 115 cm³/mol. The molecule has 0 bridgehead atoms. The number of nitrogens with one attached hydrogen (secondary N) is 3. The Bertz CT molecular complexity index is 1210. The minimum atomic E-state index is -3.83. The summed E-state index contributed by atoms with van der Waals surface area (Å²) in [5.74, 6) is -0.0718. The number of anilines is 4. The normalized spacial score (nSPS) is 11.1. The number of primary sulfonamides is 1. The Labute approximate surface area is 185 Å². The fourth-order valence-electron chi connectivity index (χ4n) is 2.16. The van der Waals surface area contributed by atoms with E-state index in [9.17, 15) is 13.2 Å². The second kappa shape index (κ2) is 8.98. The first-order valence-corrected chi connectivity index (χ1v) is 10.6. The second-order valence-electron chi connectivity index (χ2n) is 5.65. The highest BCUT2D eigenvalue weighted by Gasteiger charge is 2.11. The van der Waals surface area contributed by atoms with Crippen molar-refractivity contribution < 1.29 is 13.2 Å². The zero-order valence-electron chi connectivity index (χ0n) is 14.7. The van der Waals surface area contributed by atoms with E-state index in [1.165, 1.54) is 24.3 Å². The smallest absolute Gasteiger partial charge is 0.324 e. The van der Waals surface area contributed by atoms with Gasteiger partial charge in [0.25, 0.3) is 0 Å². The van der Waals surface area contributed by atoms with Gasteiger partial charge in [0.05, 0.1) is 14.9 Å². The lowest BCUT2D eigenvalue weighted by Gasteiger charge is -2.09. The maximum Gasteiger partial charge on any atom is 0.326 e. The van der Waals surface area contributed by atoms with Gasteiger partial charge >= 0.3 is 6.03 Å². The molecular formula is C16H12Cl3N7O3S. The van der Waals surface area contributed by atoms with Crippen molar-refractivity contribution in [2.45, 2.75) is 4.90 Å². The average molecular weight is 489 g/mol. The standard InChI is InChI=1S/C16H12Cl3N7O3S/c17-11-6-3-9(7-12(11)18)21-14-23-13(19)24-15(25-14)26-16(27)22-8-1-4-10(5-2-8)30(20,28)29/h1-7H,(H2,20,28,29)(H3,21,22,23,24,25,26,27). The van der Waals surface area contributed by atoms with Gasteiger partial charge in [-0.15, -0.1) is 0 Å². The zero-order chi connectivity index (χ0) is 21.9. The molecule has 3 aromatic rings. The Kier molecular flexibility index (Phi) is 6.58. The lowest BCUT2D eigenvalue weighted by atomic mass is 10.3. The summed E-state index contributed by atoms with van der Waals surface area (Å²) in [6, 6.07) is 9.36. The highest BCUT2D eigenvalue weighted by molar-refractivity contribution is 7.89. The number of hydrogen-bond donors (Lipinski definition) is 4. The van der Waals surface area contributed by atoms with E-state index in [1.807, 2.05) is 0 Å². The summed E-state index contributed by atoms with van der Waals surface area (Å²) in [5.41, 5.74) is 0.853. The van der Waals surface area contributed by atoms with Crippen molar-refractivity contribution in [1.29, 1.82) is 0 Å². The molecule has 0 saturated heterocycles. The number of aromatic nitrogens is 3. The third kappa shape index (κ3) is 5.90. The van der Waals surface area contributed by atoms with Crippen molar-refractivity contribution in [2.24, 2.45) is 5.14 Å². The van der Waals surface area contributed by atoms with E-state index < -0.39 is 16.1 Å². The Morgan fingerprint density at radius 1 is 0.833 bits per heavy atom. The van der Waals surface area contributed by atoms with Gasteiger partial charge in [0.15, 0.2) is 0 Å². The SMILES string of the molecule is NS(=O)(=O)c1ccc(NC(=O)Nc2nc(Cl)nc(Nc3ccc(Cl)c(Cl)c3)n2)cc1. The number of sulfonamides is 1. The van der Waals surface area contributed by atoms with Crippen LogP contribution in [0.1, 0.15) is 0 Å². The van der Waals surface area contributed by atoms with Gasteiger partial charge in [-0.05, 0) is 54.1 Å². The van der Waals surface area contributed by atoms with E-state index in [-0.39, 0.29) is 22.1 Å². The van der Waals surface area contributed by atoms with E-state index in [0.717, 1.165) is 0 Å². The molecule has 0 aliphatic heterocycles. The predicted octanol–water partition coefficient (Wildman–Crippen LogP) is 3.87. The van der Waals surface area contributed by atoms with Gasteiger partial charge in [0.1, 0.15) is 0 Å². The van der Waals surface area contributed by atoms with Gasteiger partial charge in [0.2, 0.25) is 27.2 Å². The van der Waals surface area contributed by atoms with Gasteiger partial charge in [-0.25, -0.2) is 18.4 Å². The molecule has 5 N–H and O–H groups in total. The molecule has 0 aliphatic carbocycles. The van der Waals surface area contributed by atoms with Crippen molar-refractivity contribution in [3.05, 3.63) is 57.8 Å². The third-order valence-corrected chi connectivity index (χ3v) is 5.29. The number of amides is 2. The summed E-state index contributed by atoms with van der Waals surface area (Å²) in [5, 5.41) is 13.3. The van der Waals surface area contributed by atoms with Crippen LogP contribution in [0.4, 0.5) is 28.1 Å². The number of rotatable bonds is 5. The van der Waals surface area contributed by atoms with Gasteiger partial charge in [-0.2, -0.15) is 15.0 Å². The quantitative estimate of drug-likeness (QED) is 0.425. The van der Waals surface area contributed by atoms with Gasteiger partial charge < -0.3 is 10.6 Å². The molecule has 2 amide bonds. The number of nitrogens with two attached hydrogens (primary N) is 1. The summed E-state index contributed by atoms with van der Waals surface area (Å²) in [7, 11) is -3.83. The Balaban J connectivity index is 1.70. The van der Waals surface area contributed by atoms with Crippen molar-refractivity contribution >= 4 is 74.1 Å². The van der Waals surface area contributed by atoms with E-state index in [1.54, 1.807) is 18.2 Å². The molecule has 3 rings (SSSR count). The molecule has 0 unspecified atom stereocenters. The number of urea groups is 1. The number of halogens is 3. The fourth-order valence-corrected chi connectivity index (χ4v) is 3.13. The van der Waals surface area contributed by atoms with Crippen LogP contribution in [0.25, 0.3) is 0 Å². The Morgan fingerprint density at radius 3 is 2.10 bits per heavy atom. The maximum absolute atomic E-state index is 12.2. The molecule has 0 aliphatic rings. The summed E-state index contributed by atoms with van der Waals surface area (Å²) in [6.45, 7) is 0. The Morgan fingerprint density at radius 2 is 1.47 bits per heavy atom. The van der Waals surface area contributed by atoms with Crippen LogP contribution in [0.5, 0.6) is 0 Å². The summed E-state index contributed by atoms with van der Waals surface area (Å²) in [6.07, 6.45) is 0. The highest BCUT2D eigenvalue weighted by atomic mass is 35.5. The van der Waals surface area contributed by atoms with E-state index in [4.69, 9.17) is 39.9 Å². The number of nitrogens with zero attached hydrogens (tertiary/aromatic N) is 3. The van der Waals surface area contributed by atoms with Crippen LogP contribution < -0.4 is 21.1 Å². The molecule has 156 valence electrons. The maximum atomic E-state index is 12.2. The first-order valence-electron chi connectivity index (χ1n) is 7.95. The molecule has 1 heterocycles. The van der Waals surface area contributed by atoms with Crippen molar-refractivity contribution in [2.75, 3.05) is 16.0 Å². The van der Waals surface area contributed by atoms with Crippen LogP contribution in [0.3, 0.4) is 0 Å². The van der Waals surface area contributed by atoms with Crippen LogP contribution in [0.2, 0.25) is 15.3 Å². The van der Waals surface area contributed by atoms with Crippen LogP contribution in [0.15, 0.2) is 47.4 Å². The fraction of sp³-hybridized carbons (Fsp3) is 0. The van der Waals surface area contributed by atoms with Crippen LogP contribution in [-0.4, -0.2) is 29.4 Å². The molecule has 30 heavy (non-hydrogen) atoms. The molecule has 2 aromatic carbocycles. The molecular weight excluding hydrogens is 477 g/mol. The molecule has 0 atom stereocenters. The second-order valence-corrected chi connectivity index (χ2v) is 8.37. The van der Waals surface area contributed by atoms with Crippen LogP contribution >= 0.6 is 34.8 Å². The van der Waals surface area contributed by atoms with Gasteiger partial charge in [0, 0.05) is 11.4 Å². The summed E-state index contributed by atoms with van der Waals surface area (Å²) < 4.78 is 22.5. The zero-order valence-corrected chi connectivity index (χ0v) is 17.8. The summed E-state index contributed by atoms with van der Waals surface area (Å²) >= 11 is 17.7. The number of carbonyl (C=O) groups is 1. The summed E-state index contributed by atoms with van der Waals surface area (Å²) in [4.78, 5) is 23.9. The van der Waals surface area contributed by atoms with Gasteiger partial charge in [-0.3, -0.25) is 5.32 Å². The molecule has 0 saturated carbocycles. The molecule has 14 heteroatoms. The molecule has 10 nitrogen and oxygen atoms in total. The topological polar surface area (TPSA) is 152 Å². The largest absolute Gasteiger partial charge is 0.326 e. The van der Waals surface area contributed by atoms with E-state index in [2.05, 4.69) is 30.9 Å². The minimum absolute atomic E-state index is 0.0567. The lowest BCUT2D eigenvalue weighted by Crippen LogP contribution is -2.21. The number of benzene rings is 2. The van der Waals surface area contributed by atoms with Crippen molar-refractivity contribution in [1.82, 2.24) is 15.0 Å². The number of hydrogen-bond acceptors (Lipinski definition) is 7. The average Bonchev–Trinajstić information content (AvgIpc) is 2.64. The van der Waals surface area contributed by atoms with Crippen LogP contribution in [-0.2, 0) is 10.0 Å². The van der Waals surface area contributed by atoms with Gasteiger partial charge in [-0.1, -0.05) is 23.2 Å². The van der Waals surface area contributed by atoms with E-state index >= 15 is 0 Å². The van der Waals surface area contributed by atoms with Crippen LogP contribution in [0, 0.1) is 0 Å². The molecule has 0 fully saturated rings. The molecule has 1 aromatic heterocycles. The van der Waals surface area contributed by atoms with Crippen molar-refractivity contribution in [3.8, 4) is 0 Å². The van der Waals surface area contributed by atoms with Crippen molar-refractivity contribution in [3.63, 3.8) is 0 Å². The Hall–Kier alpha value is -2.70. The first-order chi connectivity index (χ1) is 14.1. The molecule has 0 radical (unpaired) electrons.